The van der Waals surface area contributed by atoms with Gasteiger partial charge in [0.15, 0.2) is 5.78 Å². The standard InChI is InChI=1S/C24H24O6/c1-29-17-10-7-15(8-11-17)9-12-20(26)23-22(30-2)14-21(27)18(24(23)28)13-16-5-3-4-6-19(16)25/h3-8,10-11,14,25,27-28H,9,12-13H2,1-2H3. The number of ether oxygens (including phenoxy) is 2. The molecule has 156 valence electrons. The van der Waals surface area contributed by atoms with Crippen molar-refractivity contribution < 1.29 is 29.6 Å². The molecule has 3 aromatic rings. The second-order valence-electron chi connectivity index (χ2n) is 6.88. The van der Waals surface area contributed by atoms with E-state index in [1.807, 2.05) is 24.3 Å². The molecule has 0 saturated heterocycles. The first-order valence-corrected chi connectivity index (χ1v) is 9.49. The molecular weight excluding hydrogens is 384 g/mol. The lowest BCUT2D eigenvalue weighted by molar-refractivity contribution is 0.0977. The summed E-state index contributed by atoms with van der Waals surface area (Å²) in [6.07, 6.45) is 0.686. The third-order valence-electron chi connectivity index (χ3n) is 5.00. The number of phenolic OH excluding ortho intramolecular Hbond substituents is 3. The van der Waals surface area contributed by atoms with Crippen LogP contribution < -0.4 is 9.47 Å². The molecule has 0 spiro atoms. The Balaban J connectivity index is 1.88. The third-order valence-corrected chi connectivity index (χ3v) is 5.00. The van der Waals surface area contributed by atoms with Crippen molar-refractivity contribution >= 4 is 5.78 Å². The first-order valence-electron chi connectivity index (χ1n) is 9.49. The predicted octanol–water partition coefficient (Wildman–Crippen LogP) is 4.23. The summed E-state index contributed by atoms with van der Waals surface area (Å²) in [5.41, 5.74) is 1.65. The number of hydrogen-bond acceptors (Lipinski definition) is 6. The van der Waals surface area contributed by atoms with Gasteiger partial charge in [0.1, 0.15) is 34.3 Å². The lowest BCUT2D eigenvalue weighted by Gasteiger charge is -2.16. The van der Waals surface area contributed by atoms with E-state index >= 15 is 0 Å². The second kappa shape index (κ2) is 9.22. The molecule has 6 nitrogen and oxygen atoms in total. The van der Waals surface area contributed by atoms with Crippen LogP contribution in [0, 0.1) is 0 Å². The number of phenols is 3. The van der Waals surface area contributed by atoms with Crippen molar-refractivity contribution in [3.8, 4) is 28.7 Å². The molecule has 0 aromatic heterocycles. The van der Waals surface area contributed by atoms with Gasteiger partial charge in [-0.25, -0.2) is 0 Å². The van der Waals surface area contributed by atoms with Crippen LogP contribution >= 0.6 is 0 Å². The minimum absolute atomic E-state index is 0.0224. The number of aryl methyl sites for hydroxylation is 1. The van der Waals surface area contributed by atoms with Gasteiger partial charge in [0.05, 0.1) is 14.2 Å². The highest BCUT2D eigenvalue weighted by molar-refractivity contribution is 6.02. The van der Waals surface area contributed by atoms with Gasteiger partial charge in [-0.1, -0.05) is 30.3 Å². The highest BCUT2D eigenvalue weighted by atomic mass is 16.5. The van der Waals surface area contributed by atoms with Gasteiger partial charge in [-0.05, 0) is 35.7 Å². The zero-order valence-electron chi connectivity index (χ0n) is 16.9. The molecule has 0 amide bonds. The number of methoxy groups -OCH3 is 2. The molecule has 3 rings (SSSR count). The van der Waals surface area contributed by atoms with E-state index in [1.54, 1.807) is 25.3 Å². The summed E-state index contributed by atoms with van der Waals surface area (Å²) in [5.74, 6) is 0.0230. The summed E-state index contributed by atoms with van der Waals surface area (Å²) < 4.78 is 10.4. The van der Waals surface area contributed by atoms with Crippen molar-refractivity contribution in [2.24, 2.45) is 0 Å². The quantitative estimate of drug-likeness (QED) is 0.483. The summed E-state index contributed by atoms with van der Waals surface area (Å²) in [6.45, 7) is 0. The number of rotatable bonds is 8. The molecule has 3 aromatic carbocycles. The lowest BCUT2D eigenvalue weighted by Crippen LogP contribution is -2.06. The fourth-order valence-corrected chi connectivity index (χ4v) is 3.30. The van der Waals surface area contributed by atoms with E-state index in [-0.39, 0.29) is 52.7 Å². The number of ketones is 1. The van der Waals surface area contributed by atoms with Crippen molar-refractivity contribution in [2.45, 2.75) is 19.3 Å². The first-order chi connectivity index (χ1) is 14.4. The summed E-state index contributed by atoms with van der Waals surface area (Å²) >= 11 is 0. The van der Waals surface area contributed by atoms with E-state index in [9.17, 15) is 20.1 Å². The SMILES string of the molecule is COc1ccc(CCC(=O)c2c(OC)cc(O)c(Cc3ccccc3O)c2O)cc1. The van der Waals surface area contributed by atoms with Gasteiger partial charge < -0.3 is 24.8 Å². The summed E-state index contributed by atoms with van der Waals surface area (Å²) in [6, 6.07) is 15.3. The van der Waals surface area contributed by atoms with Crippen LogP contribution in [0.2, 0.25) is 0 Å². The second-order valence-corrected chi connectivity index (χ2v) is 6.88. The Morgan fingerprint density at radius 3 is 2.23 bits per heavy atom. The highest BCUT2D eigenvalue weighted by Gasteiger charge is 2.24. The van der Waals surface area contributed by atoms with Crippen molar-refractivity contribution in [1.82, 2.24) is 0 Å². The van der Waals surface area contributed by atoms with E-state index < -0.39 is 0 Å². The molecule has 0 aliphatic rings. The minimum Gasteiger partial charge on any atom is -0.508 e. The van der Waals surface area contributed by atoms with Crippen LogP contribution in [-0.2, 0) is 12.8 Å². The van der Waals surface area contributed by atoms with Gasteiger partial charge in [0, 0.05) is 24.5 Å². The van der Waals surface area contributed by atoms with Gasteiger partial charge in [-0.15, -0.1) is 0 Å². The third kappa shape index (κ3) is 4.49. The fourth-order valence-electron chi connectivity index (χ4n) is 3.30. The number of carbonyl (C=O) groups is 1. The van der Waals surface area contributed by atoms with Crippen LogP contribution in [-0.4, -0.2) is 35.3 Å². The molecule has 3 N–H and O–H groups in total. The van der Waals surface area contributed by atoms with Crippen molar-refractivity contribution in [1.29, 1.82) is 0 Å². The number of para-hydroxylation sites is 1. The maximum Gasteiger partial charge on any atom is 0.170 e. The summed E-state index contributed by atoms with van der Waals surface area (Å²) in [5, 5.41) is 31.2. The number of hydrogen-bond donors (Lipinski definition) is 3. The Bertz CT molecular complexity index is 1040. The normalized spacial score (nSPS) is 10.6. The molecule has 0 radical (unpaired) electrons. The largest absolute Gasteiger partial charge is 0.508 e. The van der Waals surface area contributed by atoms with Crippen LogP contribution in [0.3, 0.4) is 0 Å². The van der Waals surface area contributed by atoms with Gasteiger partial charge in [0.25, 0.3) is 0 Å². The molecule has 0 aliphatic carbocycles. The average molecular weight is 408 g/mol. The van der Waals surface area contributed by atoms with Crippen LogP contribution in [0.1, 0.15) is 33.5 Å². The van der Waals surface area contributed by atoms with E-state index in [1.165, 1.54) is 19.2 Å². The first kappa shape index (κ1) is 21.0. The molecule has 30 heavy (non-hydrogen) atoms. The van der Waals surface area contributed by atoms with Gasteiger partial charge >= 0.3 is 0 Å². The van der Waals surface area contributed by atoms with Crippen LogP contribution in [0.25, 0.3) is 0 Å². The molecule has 0 fully saturated rings. The zero-order valence-corrected chi connectivity index (χ0v) is 16.9. The maximum absolute atomic E-state index is 12.9. The van der Waals surface area contributed by atoms with E-state index in [4.69, 9.17) is 9.47 Å². The number of Topliss-reactive ketones (excluding diaryl/α,β-unsaturated/α-hetero) is 1. The molecular formula is C24H24O6. The molecule has 6 heteroatoms. The van der Waals surface area contributed by atoms with E-state index in [0.717, 1.165) is 11.3 Å². The minimum atomic E-state index is -0.338. The predicted molar refractivity (Wildman–Crippen MR) is 113 cm³/mol. The Hall–Kier alpha value is -3.67. The molecule has 0 unspecified atom stereocenters. The Morgan fingerprint density at radius 1 is 0.900 bits per heavy atom. The smallest absolute Gasteiger partial charge is 0.170 e. The number of carbonyl (C=O) groups excluding carboxylic acids is 1. The van der Waals surface area contributed by atoms with Crippen LogP contribution in [0.15, 0.2) is 54.6 Å². The van der Waals surface area contributed by atoms with Crippen LogP contribution in [0.5, 0.6) is 28.7 Å². The van der Waals surface area contributed by atoms with E-state index in [2.05, 4.69) is 0 Å². The monoisotopic (exact) mass is 408 g/mol. The molecule has 0 saturated carbocycles. The fraction of sp³-hybridized carbons (Fsp3) is 0.208. The van der Waals surface area contributed by atoms with Gasteiger partial charge in [-0.3, -0.25) is 4.79 Å². The molecule has 0 bridgehead atoms. The van der Waals surface area contributed by atoms with Gasteiger partial charge in [-0.2, -0.15) is 0 Å². The summed E-state index contributed by atoms with van der Waals surface area (Å²) in [7, 11) is 2.96. The topological polar surface area (TPSA) is 96.2 Å². The number of benzene rings is 3. The van der Waals surface area contributed by atoms with Crippen molar-refractivity contribution in [3.05, 3.63) is 76.9 Å². The van der Waals surface area contributed by atoms with Crippen molar-refractivity contribution in [3.63, 3.8) is 0 Å². The number of aromatic hydroxyl groups is 3. The molecule has 0 heterocycles. The average Bonchev–Trinajstić information content (AvgIpc) is 2.76. The van der Waals surface area contributed by atoms with Crippen LogP contribution in [0.4, 0.5) is 0 Å². The van der Waals surface area contributed by atoms with Gasteiger partial charge in [0.2, 0.25) is 0 Å². The Morgan fingerprint density at radius 2 is 1.60 bits per heavy atom. The zero-order chi connectivity index (χ0) is 21.7. The van der Waals surface area contributed by atoms with Crippen molar-refractivity contribution in [2.75, 3.05) is 14.2 Å². The Labute approximate surface area is 175 Å². The summed E-state index contributed by atoms with van der Waals surface area (Å²) in [4.78, 5) is 12.9. The Kier molecular flexibility index (Phi) is 6.47. The lowest BCUT2D eigenvalue weighted by atomic mass is 9.95. The van der Waals surface area contributed by atoms with E-state index in [0.29, 0.717) is 12.0 Å². The molecule has 0 aliphatic heterocycles. The highest BCUT2D eigenvalue weighted by Crippen LogP contribution is 2.40. The molecule has 0 atom stereocenters. The maximum atomic E-state index is 12.9.